The highest BCUT2D eigenvalue weighted by molar-refractivity contribution is 7.21. The molecule has 2 aromatic heterocycles. The van der Waals surface area contributed by atoms with Crippen LogP contribution in [0.15, 0.2) is 36.7 Å². The van der Waals surface area contributed by atoms with E-state index in [-0.39, 0.29) is 5.91 Å². The van der Waals surface area contributed by atoms with Crippen LogP contribution >= 0.6 is 11.3 Å². The summed E-state index contributed by atoms with van der Waals surface area (Å²) < 4.78 is 0.974. The number of carbonyl (C=O) groups is 1. The van der Waals surface area contributed by atoms with E-state index in [1.165, 1.54) is 16.9 Å². The summed E-state index contributed by atoms with van der Waals surface area (Å²) in [7, 11) is 1.63. The molecule has 1 amide bonds. The number of pyridine rings is 1. The van der Waals surface area contributed by atoms with Crippen LogP contribution in [0.5, 0.6) is 0 Å². The van der Waals surface area contributed by atoms with Gasteiger partial charge in [0.2, 0.25) is 0 Å². The van der Waals surface area contributed by atoms with E-state index in [1.54, 1.807) is 19.4 Å². The first-order chi connectivity index (χ1) is 11.7. The molecule has 0 bridgehead atoms. The lowest BCUT2D eigenvalue weighted by molar-refractivity contribution is 0.0968. The third kappa shape index (κ3) is 2.35. The summed E-state index contributed by atoms with van der Waals surface area (Å²) in [5.74, 6) is -0.110. The van der Waals surface area contributed by atoms with Crippen molar-refractivity contribution < 1.29 is 4.79 Å². The van der Waals surface area contributed by atoms with E-state index in [9.17, 15) is 4.79 Å². The second-order valence-electron chi connectivity index (χ2n) is 5.73. The van der Waals surface area contributed by atoms with Gasteiger partial charge in [-0.15, -0.1) is 11.3 Å². The van der Waals surface area contributed by atoms with Gasteiger partial charge >= 0.3 is 0 Å². The molecule has 1 aliphatic rings. The summed E-state index contributed by atoms with van der Waals surface area (Å²) in [4.78, 5) is 17.0. The molecule has 1 aliphatic carbocycles. The average molecular weight is 336 g/mol. The van der Waals surface area contributed by atoms with E-state index < -0.39 is 0 Å². The quantitative estimate of drug-likeness (QED) is 0.682. The zero-order valence-electron chi connectivity index (χ0n) is 13.1. The molecule has 0 saturated carbocycles. The molecular formula is C18H16N4OS. The lowest BCUT2D eigenvalue weighted by atomic mass is 10.1. The van der Waals surface area contributed by atoms with Crippen molar-refractivity contribution in [2.45, 2.75) is 12.8 Å². The van der Waals surface area contributed by atoms with Gasteiger partial charge in [0.25, 0.3) is 5.91 Å². The van der Waals surface area contributed by atoms with Crippen LogP contribution in [0.2, 0.25) is 0 Å². The van der Waals surface area contributed by atoms with Crippen LogP contribution in [-0.2, 0) is 6.42 Å². The fourth-order valence-corrected chi connectivity index (χ4v) is 4.13. The fourth-order valence-electron chi connectivity index (χ4n) is 3.06. The highest BCUT2D eigenvalue weighted by atomic mass is 32.1. The van der Waals surface area contributed by atoms with Gasteiger partial charge in [-0.2, -0.15) is 0 Å². The highest BCUT2D eigenvalue weighted by Gasteiger charge is 2.20. The fraction of sp³-hybridized carbons (Fsp3) is 0.167. The molecule has 0 fully saturated rings. The molecule has 4 rings (SSSR count). The van der Waals surface area contributed by atoms with Crippen molar-refractivity contribution in [2.24, 2.45) is 0 Å². The number of aromatic nitrogens is 1. The Morgan fingerprint density at radius 2 is 2.17 bits per heavy atom. The minimum absolute atomic E-state index is 0.110. The Bertz CT molecular complexity index is 976. The van der Waals surface area contributed by atoms with Crippen molar-refractivity contribution >= 4 is 44.4 Å². The number of hydrogen-bond acceptors (Lipinski definition) is 5. The van der Waals surface area contributed by atoms with E-state index in [1.807, 2.05) is 18.2 Å². The molecule has 0 spiro atoms. The lowest BCUT2D eigenvalue weighted by Crippen LogP contribution is -2.17. The summed E-state index contributed by atoms with van der Waals surface area (Å²) in [5.41, 5.74) is 4.67. The smallest absolute Gasteiger partial charge is 0.263 e. The predicted molar refractivity (Wildman–Crippen MR) is 97.9 cm³/mol. The molecule has 5 nitrogen and oxygen atoms in total. The maximum Gasteiger partial charge on any atom is 0.263 e. The zero-order valence-corrected chi connectivity index (χ0v) is 14.0. The van der Waals surface area contributed by atoms with Crippen LogP contribution in [0.3, 0.4) is 0 Å². The number of aryl methyl sites for hydroxylation is 1. The Morgan fingerprint density at radius 1 is 1.29 bits per heavy atom. The molecule has 3 aromatic rings. The van der Waals surface area contributed by atoms with Gasteiger partial charge in [-0.1, -0.05) is 6.07 Å². The molecule has 2 heterocycles. The maximum absolute atomic E-state index is 12.2. The Labute approximate surface area is 143 Å². The molecule has 1 aromatic carbocycles. The second-order valence-corrected chi connectivity index (χ2v) is 6.78. The number of fused-ring (bicyclic) bond motifs is 2. The third-order valence-electron chi connectivity index (χ3n) is 4.27. The van der Waals surface area contributed by atoms with Crippen molar-refractivity contribution in [1.82, 2.24) is 10.3 Å². The SMILES string of the molecule is CNC(=O)c1sc2cnccc2c1Nc1ccc2c(c1)CCC2=N. The number of hydrogen-bond donors (Lipinski definition) is 3. The van der Waals surface area contributed by atoms with Gasteiger partial charge in [0, 0.05) is 36.2 Å². The highest BCUT2D eigenvalue weighted by Crippen LogP contribution is 2.37. The van der Waals surface area contributed by atoms with E-state index in [0.717, 1.165) is 39.9 Å². The van der Waals surface area contributed by atoms with Gasteiger partial charge in [-0.3, -0.25) is 9.78 Å². The molecule has 0 unspecified atom stereocenters. The molecular weight excluding hydrogens is 320 g/mol. The first kappa shape index (κ1) is 14.8. The molecule has 120 valence electrons. The van der Waals surface area contributed by atoms with Gasteiger partial charge in [0.1, 0.15) is 4.88 Å². The first-order valence-corrected chi connectivity index (χ1v) is 8.55. The summed E-state index contributed by atoms with van der Waals surface area (Å²) >= 11 is 1.43. The van der Waals surface area contributed by atoms with Crippen LogP contribution in [0, 0.1) is 5.41 Å². The largest absolute Gasteiger partial charge is 0.354 e. The predicted octanol–water partition coefficient (Wildman–Crippen LogP) is 3.71. The number of nitrogens with one attached hydrogen (secondary N) is 3. The van der Waals surface area contributed by atoms with E-state index in [2.05, 4.69) is 21.7 Å². The molecule has 0 saturated heterocycles. The second kappa shape index (κ2) is 5.72. The molecule has 6 heteroatoms. The lowest BCUT2D eigenvalue weighted by Gasteiger charge is -2.10. The normalized spacial score (nSPS) is 13.1. The van der Waals surface area contributed by atoms with Crippen LogP contribution in [-0.4, -0.2) is 23.7 Å². The Kier molecular flexibility index (Phi) is 3.54. The molecule has 0 aliphatic heterocycles. The van der Waals surface area contributed by atoms with Gasteiger partial charge in [0.05, 0.1) is 10.4 Å². The topological polar surface area (TPSA) is 77.9 Å². The van der Waals surface area contributed by atoms with E-state index >= 15 is 0 Å². The number of anilines is 2. The van der Waals surface area contributed by atoms with Crippen molar-refractivity contribution in [1.29, 1.82) is 5.41 Å². The summed E-state index contributed by atoms with van der Waals surface area (Å²) in [6, 6.07) is 7.96. The minimum atomic E-state index is -0.110. The summed E-state index contributed by atoms with van der Waals surface area (Å²) in [6.45, 7) is 0. The van der Waals surface area contributed by atoms with Crippen LogP contribution in [0.1, 0.15) is 27.2 Å². The van der Waals surface area contributed by atoms with Crippen molar-refractivity contribution in [2.75, 3.05) is 12.4 Å². The summed E-state index contributed by atoms with van der Waals surface area (Å²) in [6.07, 6.45) is 5.22. The Hall–Kier alpha value is -2.73. The Balaban J connectivity index is 1.79. The van der Waals surface area contributed by atoms with Gasteiger partial charge in [-0.05, 0) is 42.2 Å². The number of amides is 1. The number of carbonyl (C=O) groups excluding carboxylic acids is 1. The van der Waals surface area contributed by atoms with Crippen molar-refractivity contribution in [3.63, 3.8) is 0 Å². The number of benzene rings is 1. The first-order valence-electron chi connectivity index (χ1n) is 7.73. The number of nitrogens with zero attached hydrogens (tertiary/aromatic N) is 1. The Morgan fingerprint density at radius 3 is 3.00 bits per heavy atom. The summed E-state index contributed by atoms with van der Waals surface area (Å²) in [5, 5.41) is 15.0. The monoisotopic (exact) mass is 336 g/mol. The third-order valence-corrected chi connectivity index (χ3v) is 5.41. The van der Waals surface area contributed by atoms with E-state index in [0.29, 0.717) is 10.6 Å². The van der Waals surface area contributed by atoms with Gasteiger partial charge in [0.15, 0.2) is 0 Å². The van der Waals surface area contributed by atoms with E-state index in [4.69, 9.17) is 5.41 Å². The van der Waals surface area contributed by atoms with Gasteiger partial charge < -0.3 is 16.0 Å². The van der Waals surface area contributed by atoms with Crippen LogP contribution < -0.4 is 10.6 Å². The van der Waals surface area contributed by atoms with Crippen LogP contribution in [0.25, 0.3) is 10.1 Å². The minimum Gasteiger partial charge on any atom is -0.354 e. The van der Waals surface area contributed by atoms with Crippen LogP contribution in [0.4, 0.5) is 11.4 Å². The zero-order chi connectivity index (χ0) is 16.7. The molecule has 0 atom stereocenters. The maximum atomic E-state index is 12.2. The number of thiophene rings is 1. The van der Waals surface area contributed by atoms with Crippen molar-refractivity contribution in [3.8, 4) is 0 Å². The standard InChI is InChI=1S/C18H16N4OS/c1-20-18(23)17-16(13-6-7-21-9-15(13)24-17)22-11-3-4-12-10(8-11)2-5-14(12)19/h3-4,6-9,19,22H,2,5H2,1H3,(H,20,23). The average Bonchev–Trinajstić information content (AvgIpc) is 3.16. The molecule has 24 heavy (non-hydrogen) atoms. The molecule has 3 N–H and O–H groups in total. The van der Waals surface area contributed by atoms with Gasteiger partial charge in [-0.25, -0.2) is 0 Å². The number of rotatable bonds is 3. The van der Waals surface area contributed by atoms with Crippen molar-refractivity contribution in [3.05, 3.63) is 52.7 Å². The molecule has 0 radical (unpaired) electrons.